The quantitative estimate of drug-likeness (QED) is 0.742. The van der Waals surface area contributed by atoms with Crippen LogP contribution in [-0.2, 0) is 11.2 Å². The van der Waals surface area contributed by atoms with Crippen molar-refractivity contribution in [2.24, 2.45) is 5.92 Å². The van der Waals surface area contributed by atoms with Crippen molar-refractivity contribution in [3.05, 3.63) is 65.4 Å². The number of rotatable bonds is 6. The zero-order valence-electron chi connectivity index (χ0n) is 13.1. The first kappa shape index (κ1) is 15.1. The van der Waals surface area contributed by atoms with Crippen molar-refractivity contribution >= 4 is 17.2 Å². The Hall–Kier alpha value is -2.40. The van der Waals surface area contributed by atoms with Gasteiger partial charge < -0.3 is 9.73 Å². The number of hydrogen-bond acceptors (Lipinski definition) is 4. The zero-order valence-corrected chi connectivity index (χ0v) is 14.0. The van der Waals surface area contributed by atoms with Gasteiger partial charge in [0, 0.05) is 11.9 Å². The van der Waals surface area contributed by atoms with E-state index in [1.54, 1.807) is 6.26 Å². The van der Waals surface area contributed by atoms with Gasteiger partial charge in [0.15, 0.2) is 10.8 Å². The van der Waals surface area contributed by atoms with E-state index >= 15 is 0 Å². The molecule has 1 fully saturated rings. The molecule has 1 amide bonds. The van der Waals surface area contributed by atoms with Gasteiger partial charge in [-0.25, -0.2) is 4.98 Å². The molecule has 5 heteroatoms. The van der Waals surface area contributed by atoms with Gasteiger partial charge >= 0.3 is 0 Å². The molecule has 1 N–H and O–H groups in total. The molecule has 0 unspecified atom stereocenters. The predicted molar refractivity (Wildman–Crippen MR) is 93.8 cm³/mol. The maximum atomic E-state index is 12.1. The molecule has 2 aromatic heterocycles. The molecule has 122 valence electrons. The minimum absolute atomic E-state index is 0.0324. The second-order valence-corrected chi connectivity index (χ2v) is 6.97. The summed E-state index contributed by atoms with van der Waals surface area (Å²) in [6, 6.07) is 14.2. The van der Waals surface area contributed by atoms with Crippen molar-refractivity contribution in [2.75, 3.05) is 6.54 Å². The van der Waals surface area contributed by atoms with Crippen LogP contribution in [0.15, 0.2) is 58.5 Å². The minimum Gasteiger partial charge on any atom is -0.462 e. The molecule has 0 saturated heterocycles. The van der Waals surface area contributed by atoms with Gasteiger partial charge in [0.25, 0.3) is 0 Å². The van der Waals surface area contributed by atoms with Gasteiger partial charge in [0.1, 0.15) is 0 Å². The largest absolute Gasteiger partial charge is 0.462 e. The summed E-state index contributed by atoms with van der Waals surface area (Å²) >= 11 is 1.50. The average molecular weight is 338 g/mol. The van der Waals surface area contributed by atoms with Crippen LogP contribution in [0.3, 0.4) is 0 Å². The van der Waals surface area contributed by atoms with Crippen LogP contribution in [0.4, 0.5) is 0 Å². The molecule has 0 aliphatic heterocycles. The van der Waals surface area contributed by atoms with Gasteiger partial charge in [-0.15, -0.1) is 11.3 Å². The molecule has 1 saturated carbocycles. The maximum Gasteiger partial charge on any atom is 0.226 e. The number of carbonyl (C=O) groups excluding carboxylic acids is 1. The molecular formula is C19H18N2O2S. The molecule has 24 heavy (non-hydrogen) atoms. The molecule has 0 bridgehead atoms. The van der Waals surface area contributed by atoms with E-state index in [4.69, 9.17) is 4.42 Å². The molecule has 1 aliphatic carbocycles. The third-order valence-corrected chi connectivity index (χ3v) is 5.24. The van der Waals surface area contributed by atoms with Gasteiger partial charge in [0.2, 0.25) is 5.91 Å². The average Bonchev–Trinajstić information content (AvgIpc) is 2.99. The first-order valence-corrected chi connectivity index (χ1v) is 8.97. The topological polar surface area (TPSA) is 55.1 Å². The van der Waals surface area contributed by atoms with Gasteiger partial charge in [0.05, 0.1) is 18.4 Å². The van der Waals surface area contributed by atoms with Crippen molar-refractivity contribution in [3.63, 3.8) is 0 Å². The Balaban J connectivity index is 1.26. The molecule has 3 aromatic rings. The van der Waals surface area contributed by atoms with E-state index in [9.17, 15) is 4.79 Å². The monoisotopic (exact) mass is 338 g/mol. The van der Waals surface area contributed by atoms with E-state index in [-0.39, 0.29) is 5.91 Å². The summed E-state index contributed by atoms with van der Waals surface area (Å²) in [5, 5.41) is 5.77. The van der Waals surface area contributed by atoms with Crippen LogP contribution in [0.2, 0.25) is 0 Å². The highest BCUT2D eigenvalue weighted by Gasteiger charge is 2.37. The number of nitrogens with zero attached hydrogens (tertiary/aromatic N) is 1. The smallest absolute Gasteiger partial charge is 0.226 e. The molecule has 2 atom stereocenters. The normalized spacial score (nSPS) is 19.2. The second kappa shape index (κ2) is 6.61. The van der Waals surface area contributed by atoms with Crippen LogP contribution in [0.5, 0.6) is 0 Å². The van der Waals surface area contributed by atoms with E-state index in [0.717, 1.165) is 29.4 Å². The molecule has 1 aliphatic rings. The summed E-state index contributed by atoms with van der Waals surface area (Å²) in [6.07, 6.45) is 3.10. The van der Waals surface area contributed by atoms with Crippen molar-refractivity contribution in [3.8, 4) is 10.8 Å². The van der Waals surface area contributed by atoms with E-state index < -0.39 is 0 Å². The van der Waals surface area contributed by atoms with Gasteiger partial charge in [-0.05, 0) is 36.0 Å². The molecule has 0 spiro atoms. The summed E-state index contributed by atoms with van der Waals surface area (Å²) in [7, 11) is 0. The summed E-state index contributed by atoms with van der Waals surface area (Å²) in [6.45, 7) is 0.744. The standard InChI is InChI=1S/C19H18N2O2S/c22-18(10-15-12-24-19(21-15)17-7-4-8-23-17)20-11-14-9-16(14)13-5-2-1-3-6-13/h1-8,12,14,16H,9-11H2,(H,20,22)/t14-,16-/m0/s1. The summed E-state index contributed by atoms with van der Waals surface area (Å²) < 4.78 is 5.33. The van der Waals surface area contributed by atoms with E-state index in [0.29, 0.717) is 18.3 Å². The summed E-state index contributed by atoms with van der Waals surface area (Å²) in [4.78, 5) is 16.6. The highest BCUT2D eigenvalue weighted by molar-refractivity contribution is 7.13. The van der Waals surface area contributed by atoms with Crippen LogP contribution in [0.1, 0.15) is 23.6 Å². The lowest BCUT2D eigenvalue weighted by Gasteiger charge is -2.04. The fourth-order valence-corrected chi connectivity index (χ4v) is 3.74. The lowest BCUT2D eigenvalue weighted by Crippen LogP contribution is -2.27. The van der Waals surface area contributed by atoms with Crippen molar-refractivity contribution in [2.45, 2.75) is 18.8 Å². The SMILES string of the molecule is O=C(Cc1csc(-c2ccco2)n1)NC[C@@H]1C[C@H]1c1ccccc1. The molecule has 1 aromatic carbocycles. The molecule has 0 radical (unpaired) electrons. The maximum absolute atomic E-state index is 12.1. The Labute approximate surface area is 144 Å². The van der Waals surface area contributed by atoms with E-state index in [1.807, 2.05) is 23.6 Å². The zero-order chi connectivity index (χ0) is 16.4. The van der Waals surface area contributed by atoms with Crippen LogP contribution < -0.4 is 5.32 Å². The van der Waals surface area contributed by atoms with Crippen LogP contribution in [-0.4, -0.2) is 17.4 Å². The van der Waals surface area contributed by atoms with Gasteiger partial charge in [-0.1, -0.05) is 30.3 Å². The number of carbonyl (C=O) groups is 1. The third-order valence-electron chi connectivity index (χ3n) is 4.34. The van der Waals surface area contributed by atoms with Gasteiger partial charge in [-0.2, -0.15) is 0 Å². The Kier molecular flexibility index (Phi) is 4.17. The lowest BCUT2D eigenvalue weighted by atomic mass is 10.1. The highest BCUT2D eigenvalue weighted by Crippen LogP contribution is 2.46. The number of benzene rings is 1. The first-order chi connectivity index (χ1) is 11.8. The Morgan fingerprint density at radius 2 is 2.12 bits per heavy atom. The number of aromatic nitrogens is 1. The molecular weight excluding hydrogens is 320 g/mol. The summed E-state index contributed by atoms with van der Waals surface area (Å²) in [5.41, 5.74) is 2.17. The summed E-state index contributed by atoms with van der Waals surface area (Å²) in [5.74, 6) is 1.93. The minimum atomic E-state index is 0.0324. The fourth-order valence-electron chi connectivity index (χ4n) is 2.96. The second-order valence-electron chi connectivity index (χ2n) is 6.12. The number of nitrogens with one attached hydrogen (secondary N) is 1. The lowest BCUT2D eigenvalue weighted by molar-refractivity contribution is -0.120. The Bertz CT molecular complexity index is 811. The van der Waals surface area contributed by atoms with E-state index in [1.165, 1.54) is 16.9 Å². The molecule has 4 rings (SSSR count). The number of thiazole rings is 1. The first-order valence-electron chi connectivity index (χ1n) is 8.09. The van der Waals surface area contributed by atoms with Crippen molar-refractivity contribution < 1.29 is 9.21 Å². The van der Waals surface area contributed by atoms with E-state index in [2.05, 4.69) is 34.6 Å². The predicted octanol–water partition coefficient (Wildman–Crippen LogP) is 3.87. The Morgan fingerprint density at radius 1 is 1.25 bits per heavy atom. The number of furan rings is 1. The fraction of sp³-hybridized carbons (Fsp3) is 0.263. The molecule has 4 nitrogen and oxygen atoms in total. The third kappa shape index (κ3) is 3.41. The van der Waals surface area contributed by atoms with Crippen LogP contribution in [0.25, 0.3) is 10.8 Å². The number of amides is 1. The van der Waals surface area contributed by atoms with Crippen molar-refractivity contribution in [1.29, 1.82) is 0 Å². The Morgan fingerprint density at radius 3 is 2.92 bits per heavy atom. The molecule has 2 heterocycles. The van der Waals surface area contributed by atoms with Crippen LogP contribution >= 0.6 is 11.3 Å². The van der Waals surface area contributed by atoms with Crippen molar-refractivity contribution in [1.82, 2.24) is 10.3 Å². The highest BCUT2D eigenvalue weighted by atomic mass is 32.1. The van der Waals surface area contributed by atoms with Crippen LogP contribution in [0, 0.1) is 5.92 Å². The number of hydrogen-bond donors (Lipinski definition) is 1. The van der Waals surface area contributed by atoms with Gasteiger partial charge in [-0.3, -0.25) is 4.79 Å².